The van der Waals surface area contributed by atoms with E-state index < -0.39 is 0 Å². The molecular weight excluding hydrogens is 166 g/mol. The van der Waals surface area contributed by atoms with Crippen LogP contribution in [0, 0.1) is 11.8 Å². The van der Waals surface area contributed by atoms with Gasteiger partial charge in [0.1, 0.15) is 0 Å². The van der Waals surface area contributed by atoms with Gasteiger partial charge in [-0.1, -0.05) is 34.1 Å². The molecule has 0 aliphatic carbocycles. The molecule has 1 nitrogen and oxygen atoms in total. The van der Waals surface area contributed by atoms with Crippen LogP contribution in [0.5, 0.6) is 0 Å². The minimum absolute atomic E-state index is 0.664. The largest absolute Gasteiger partial charge is 0.329 e. The van der Waals surface area contributed by atoms with Gasteiger partial charge in [0.25, 0.3) is 0 Å². The highest BCUT2D eigenvalue weighted by atomic mass is 32.2. The van der Waals surface area contributed by atoms with E-state index in [-0.39, 0.29) is 0 Å². The highest BCUT2D eigenvalue weighted by molar-refractivity contribution is 7.99. The summed E-state index contributed by atoms with van der Waals surface area (Å²) in [6, 6.07) is 0. The number of hydrogen-bond acceptors (Lipinski definition) is 2. The predicted molar refractivity (Wildman–Crippen MR) is 59.6 cm³/mol. The first-order chi connectivity index (χ1) is 5.61. The predicted octanol–water partition coefficient (Wildman–Crippen LogP) is 2.75. The molecule has 0 fully saturated rings. The third-order valence-electron chi connectivity index (χ3n) is 2.15. The molecule has 2 N–H and O–H groups in total. The summed E-state index contributed by atoms with van der Waals surface area (Å²) in [6.07, 6.45) is 1.24. The number of hydrogen-bond donors (Lipinski definition) is 1. The normalized spacial score (nSPS) is 16.5. The standard InChI is InChI=1S/C10H23NS/c1-5-9(4)10(6-11)12-7-8(2)3/h8-10H,5-7,11H2,1-4H3. The van der Waals surface area contributed by atoms with Crippen LogP contribution in [0.2, 0.25) is 0 Å². The zero-order valence-electron chi connectivity index (χ0n) is 8.84. The van der Waals surface area contributed by atoms with E-state index in [0.717, 1.165) is 18.4 Å². The van der Waals surface area contributed by atoms with E-state index in [1.807, 2.05) is 11.8 Å². The maximum atomic E-state index is 5.71. The molecule has 0 saturated heterocycles. The van der Waals surface area contributed by atoms with Crippen molar-refractivity contribution in [3.8, 4) is 0 Å². The summed E-state index contributed by atoms with van der Waals surface area (Å²) in [5.41, 5.74) is 5.71. The quantitative estimate of drug-likeness (QED) is 0.695. The summed E-state index contributed by atoms with van der Waals surface area (Å²) >= 11 is 2.04. The fourth-order valence-electron chi connectivity index (χ4n) is 1.04. The molecule has 0 saturated carbocycles. The van der Waals surface area contributed by atoms with Crippen molar-refractivity contribution in [3.63, 3.8) is 0 Å². The van der Waals surface area contributed by atoms with Gasteiger partial charge in [-0.15, -0.1) is 0 Å². The second kappa shape index (κ2) is 6.79. The molecule has 0 aromatic heterocycles. The molecule has 0 aliphatic heterocycles. The molecule has 0 radical (unpaired) electrons. The summed E-state index contributed by atoms with van der Waals surface area (Å²) in [5.74, 6) is 2.79. The lowest BCUT2D eigenvalue weighted by Gasteiger charge is -2.21. The van der Waals surface area contributed by atoms with E-state index in [4.69, 9.17) is 5.73 Å². The third-order valence-corrected chi connectivity index (χ3v) is 4.10. The summed E-state index contributed by atoms with van der Waals surface area (Å²) in [4.78, 5) is 0. The lowest BCUT2D eigenvalue weighted by Crippen LogP contribution is -2.24. The van der Waals surface area contributed by atoms with Gasteiger partial charge in [-0.2, -0.15) is 11.8 Å². The maximum Gasteiger partial charge on any atom is 0.0195 e. The van der Waals surface area contributed by atoms with Gasteiger partial charge < -0.3 is 5.73 Å². The molecule has 0 spiro atoms. The summed E-state index contributed by atoms with van der Waals surface area (Å²) in [7, 11) is 0. The van der Waals surface area contributed by atoms with Crippen molar-refractivity contribution in [1.82, 2.24) is 0 Å². The van der Waals surface area contributed by atoms with Crippen molar-refractivity contribution in [2.75, 3.05) is 12.3 Å². The Bertz CT molecular complexity index is 104. The van der Waals surface area contributed by atoms with E-state index in [1.165, 1.54) is 12.2 Å². The molecule has 2 heteroatoms. The van der Waals surface area contributed by atoms with Gasteiger partial charge >= 0.3 is 0 Å². The van der Waals surface area contributed by atoms with Crippen LogP contribution in [0.4, 0.5) is 0 Å². The molecule has 12 heavy (non-hydrogen) atoms. The fraction of sp³-hybridized carbons (Fsp3) is 1.00. The zero-order valence-corrected chi connectivity index (χ0v) is 9.66. The van der Waals surface area contributed by atoms with Crippen LogP contribution in [-0.4, -0.2) is 17.5 Å². The first kappa shape index (κ1) is 12.3. The van der Waals surface area contributed by atoms with Crippen LogP contribution in [0.1, 0.15) is 34.1 Å². The average molecular weight is 189 g/mol. The van der Waals surface area contributed by atoms with Crippen LogP contribution in [0.15, 0.2) is 0 Å². The van der Waals surface area contributed by atoms with Gasteiger partial charge in [-0.25, -0.2) is 0 Å². The van der Waals surface area contributed by atoms with Crippen LogP contribution in [-0.2, 0) is 0 Å². The lowest BCUT2D eigenvalue weighted by molar-refractivity contribution is 0.537. The van der Waals surface area contributed by atoms with Crippen molar-refractivity contribution in [3.05, 3.63) is 0 Å². The Morgan fingerprint density at radius 1 is 1.25 bits per heavy atom. The first-order valence-corrected chi connectivity index (χ1v) is 5.98. The Morgan fingerprint density at radius 2 is 1.83 bits per heavy atom. The SMILES string of the molecule is CCC(C)C(CN)SCC(C)C. The van der Waals surface area contributed by atoms with Gasteiger partial charge in [0.15, 0.2) is 0 Å². The van der Waals surface area contributed by atoms with Crippen molar-refractivity contribution >= 4 is 11.8 Å². The maximum absolute atomic E-state index is 5.71. The zero-order chi connectivity index (χ0) is 9.56. The Labute approximate surface area is 81.5 Å². The van der Waals surface area contributed by atoms with E-state index in [9.17, 15) is 0 Å². The molecular formula is C10H23NS. The first-order valence-electron chi connectivity index (χ1n) is 4.93. The van der Waals surface area contributed by atoms with Crippen LogP contribution < -0.4 is 5.73 Å². The second-order valence-electron chi connectivity index (χ2n) is 3.89. The van der Waals surface area contributed by atoms with Crippen molar-refractivity contribution < 1.29 is 0 Å². The minimum atomic E-state index is 0.664. The van der Waals surface area contributed by atoms with Crippen LogP contribution in [0.25, 0.3) is 0 Å². The Morgan fingerprint density at radius 3 is 2.17 bits per heavy atom. The Balaban J connectivity index is 3.67. The molecule has 0 heterocycles. The molecule has 0 bridgehead atoms. The minimum Gasteiger partial charge on any atom is -0.329 e. The van der Waals surface area contributed by atoms with E-state index >= 15 is 0 Å². The Hall–Kier alpha value is 0.310. The fourth-order valence-corrected chi connectivity index (χ4v) is 2.33. The topological polar surface area (TPSA) is 26.0 Å². The van der Waals surface area contributed by atoms with Crippen molar-refractivity contribution in [1.29, 1.82) is 0 Å². The monoisotopic (exact) mass is 189 g/mol. The van der Waals surface area contributed by atoms with Gasteiger partial charge in [-0.3, -0.25) is 0 Å². The van der Waals surface area contributed by atoms with E-state index in [0.29, 0.717) is 5.25 Å². The summed E-state index contributed by atoms with van der Waals surface area (Å²) < 4.78 is 0. The van der Waals surface area contributed by atoms with Crippen molar-refractivity contribution in [2.45, 2.75) is 39.4 Å². The van der Waals surface area contributed by atoms with E-state index in [1.54, 1.807) is 0 Å². The number of rotatable bonds is 6. The van der Waals surface area contributed by atoms with Crippen LogP contribution in [0.3, 0.4) is 0 Å². The average Bonchev–Trinajstić information content (AvgIpc) is 2.04. The molecule has 0 amide bonds. The third kappa shape index (κ3) is 5.04. The molecule has 0 aromatic carbocycles. The summed E-state index contributed by atoms with van der Waals surface area (Å²) in [6.45, 7) is 9.88. The highest BCUT2D eigenvalue weighted by Crippen LogP contribution is 2.22. The molecule has 0 aliphatic rings. The smallest absolute Gasteiger partial charge is 0.0195 e. The molecule has 2 atom stereocenters. The molecule has 0 aromatic rings. The van der Waals surface area contributed by atoms with Gasteiger partial charge in [0.05, 0.1) is 0 Å². The van der Waals surface area contributed by atoms with Gasteiger partial charge in [0.2, 0.25) is 0 Å². The molecule has 0 rings (SSSR count). The lowest BCUT2D eigenvalue weighted by atomic mass is 10.1. The molecule has 74 valence electrons. The van der Waals surface area contributed by atoms with Gasteiger partial charge in [-0.05, 0) is 17.6 Å². The van der Waals surface area contributed by atoms with Crippen LogP contribution >= 0.6 is 11.8 Å². The molecule has 2 unspecified atom stereocenters. The Kier molecular flexibility index (Phi) is 6.96. The summed E-state index contributed by atoms with van der Waals surface area (Å²) in [5, 5.41) is 0.664. The number of thioether (sulfide) groups is 1. The second-order valence-corrected chi connectivity index (χ2v) is 5.16. The van der Waals surface area contributed by atoms with Gasteiger partial charge in [0, 0.05) is 11.8 Å². The van der Waals surface area contributed by atoms with Crippen molar-refractivity contribution in [2.24, 2.45) is 17.6 Å². The van der Waals surface area contributed by atoms with E-state index in [2.05, 4.69) is 27.7 Å². The number of nitrogens with two attached hydrogens (primary N) is 1. The highest BCUT2D eigenvalue weighted by Gasteiger charge is 2.14.